The van der Waals surface area contributed by atoms with Gasteiger partial charge >= 0.3 is 0 Å². The standard InChI is InChI=1S/C11H21N5/c1-3-5-7-12-10-14-9-15-11(16-10)13-8-6-4-2/h9H,3-8H2,1-2H3,(H2,12,13,14,15,16). The fraction of sp³-hybridized carbons (Fsp3) is 0.727. The molecule has 0 radical (unpaired) electrons. The first kappa shape index (κ1) is 12.7. The average molecular weight is 223 g/mol. The minimum Gasteiger partial charge on any atom is -0.354 e. The van der Waals surface area contributed by atoms with Crippen molar-refractivity contribution in [2.45, 2.75) is 39.5 Å². The van der Waals surface area contributed by atoms with Gasteiger partial charge in [0.1, 0.15) is 6.33 Å². The lowest BCUT2D eigenvalue weighted by atomic mass is 10.3. The number of nitrogens with zero attached hydrogens (tertiary/aromatic N) is 3. The van der Waals surface area contributed by atoms with Crippen LogP contribution in [0.3, 0.4) is 0 Å². The van der Waals surface area contributed by atoms with E-state index in [1.807, 2.05) is 0 Å². The van der Waals surface area contributed by atoms with Crippen LogP contribution in [0, 0.1) is 0 Å². The number of hydrogen-bond acceptors (Lipinski definition) is 5. The summed E-state index contributed by atoms with van der Waals surface area (Å²) >= 11 is 0. The first-order valence-corrected chi connectivity index (χ1v) is 6.03. The van der Waals surface area contributed by atoms with Crippen molar-refractivity contribution in [3.8, 4) is 0 Å². The molecular weight excluding hydrogens is 202 g/mol. The van der Waals surface area contributed by atoms with Crippen molar-refractivity contribution in [3.63, 3.8) is 0 Å². The second-order valence-corrected chi connectivity index (χ2v) is 3.69. The van der Waals surface area contributed by atoms with Crippen LogP contribution >= 0.6 is 0 Å². The summed E-state index contributed by atoms with van der Waals surface area (Å²) in [5.74, 6) is 1.31. The molecule has 1 heterocycles. The maximum absolute atomic E-state index is 4.27. The molecule has 2 N–H and O–H groups in total. The lowest BCUT2D eigenvalue weighted by Gasteiger charge is -2.06. The third kappa shape index (κ3) is 4.91. The Morgan fingerprint density at radius 3 is 1.88 bits per heavy atom. The normalized spacial score (nSPS) is 10.1. The minimum atomic E-state index is 0.655. The highest BCUT2D eigenvalue weighted by Crippen LogP contribution is 2.02. The van der Waals surface area contributed by atoms with Crippen molar-refractivity contribution >= 4 is 11.9 Å². The van der Waals surface area contributed by atoms with Crippen LogP contribution < -0.4 is 10.6 Å². The molecule has 0 saturated carbocycles. The van der Waals surface area contributed by atoms with Crippen LogP contribution in [0.2, 0.25) is 0 Å². The van der Waals surface area contributed by atoms with E-state index >= 15 is 0 Å². The molecular formula is C11H21N5. The van der Waals surface area contributed by atoms with Gasteiger partial charge in [0.05, 0.1) is 0 Å². The molecule has 0 aliphatic carbocycles. The number of anilines is 2. The molecule has 0 amide bonds. The van der Waals surface area contributed by atoms with Crippen LogP contribution in [0.4, 0.5) is 11.9 Å². The number of rotatable bonds is 8. The van der Waals surface area contributed by atoms with Gasteiger partial charge in [-0.25, -0.2) is 9.97 Å². The second kappa shape index (κ2) is 7.84. The van der Waals surface area contributed by atoms with Crippen molar-refractivity contribution in [1.29, 1.82) is 0 Å². The quantitative estimate of drug-likeness (QED) is 0.662. The maximum atomic E-state index is 4.27. The SMILES string of the molecule is CCCCNc1ncnc(NCCCC)n1. The molecule has 1 aromatic heterocycles. The first-order chi connectivity index (χ1) is 7.86. The highest BCUT2D eigenvalue weighted by atomic mass is 15.2. The van der Waals surface area contributed by atoms with E-state index in [4.69, 9.17) is 0 Å². The molecule has 0 unspecified atom stereocenters. The van der Waals surface area contributed by atoms with E-state index in [2.05, 4.69) is 39.4 Å². The van der Waals surface area contributed by atoms with Gasteiger partial charge in [-0.3, -0.25) is 0 Å². The zero-order chi connectivity index (χ0) is 11.6. The summed E-state index contributed by atoms with van der Waals surface area (Å²) in [5, 5.41) is 6.35. The molecule has 1 rings (SSSR count). The van der Waals surface area contributed by atoms with Crippen LogP contribution in [0.1, 0.15) is 39.5 Å². The predicted octanol–water partition coefficient (Wildman–Crippen LogP) is 2.30. The van der Waals surface area contributed by atoms with Gasteiger partial charge in [0, 0.05) is 13.1 Å². The average Bonchev–Trinajstić information content (AvgIpc) is 2.30. The van der Waals surface area contributed by atoms with Crippen molar-refractivity contribution in [1.82, 2.24) is 15.0 Å². The molecule has 5 heteroatoms. The largest absolute Gasteiger partial charge is 0.354 e. The Kier molecular flexibility index (Phi) is 6.22. The molecule has 0 spiro atoms. The molecule has 0 aliphatic heterocycles. The lowest BCUT2D eigenvalue weighted by Crippen LogP contribution is -2.09. The van der Waals surface area contributed by atoms with Crippen molar-refractivity contribution in [3.05, 3.63) is 6.33 Å². The monoisotopic (exact) mass is 223 g/mol. The number of aromatic nitrogens is 3. The number of nitrogens with one attached hydrogen (secondary N) is 2. The van der Waals surface area contributed by atoms with Crippen LogP contribution in [0.15, 0.2) is 6.33 Å². The summed E-state index contributed by atoms with van der Waals surface area (Å²) in [6.07, 6.45) is 6.13. The zero-order valence-electron chi connectivity index (χ0n) is 10.2. The van der Waals surface area contributed by atoms with E-state index in [0.717, 1.165) is 25.9 Å². The molecule has 0 aromatic carbocycles. The van der Waals surface area contributed by atoms with Crippen LogP contribution in [-0.2, 0) is 0 Å². The molecule has 0 bridgehead atoms. The van der Waals surface area contributed by atoms with Crippen LogP contribution in [-0.4, -0.2) is 28.0 Å². The van der Waals surface area contributed by atoms with Gasteiger partial charge in [-0.1, -0.05) is 26.7 Å². The Hall–Kier alpha value is -1.39. The van der Waals surface area contributed by atoms with Crippen molar-refractivity contribution < 1.29 is 0 Å². The van der Waals surface area contributed by atoms with Crippen LogP contribution in [0.25, 0.3) is 0 Å². The zero-order valence-corrected chi connectivity index (χ0v) is 10.2. The lowest BCUT2D eigenvalue weighted by molar-refractivity contribution is 0.815. The van der Waals surface area contributed by atoms with E-state index in [9.17, 15) is 0 Å². The predicted molar refractivity (Wildman–Crippen MR) is 66.6 cm³/mol. The van der Waals surface area contributed by atoms with Gasteiger partial charge in [-0.05, 0) is 12.8 Å². The summed E-state index contributed by atoms with van der Waals surface area (Å²) in [6.45, 7) is 6.14. The smallest absolute Gasteiger partial charge is 0.227 e. The molecule has 0 aliphatic rings. The Morgan fingerprint density at radius 1 is 0.938 bits per heavy atom. The fourth-order valence-corrected chi connectivity index (χ4v) is 1.22. The van der Waals surface area contributed by atoms with Gasteiger partial charge in [0.25, 0.3) is 0 Å². The van der Waals surface area contributed by atoms with Gasteiger partial charge in [0.2, 0.25) is 11.9 Å². The topological polar surface area (TPSA) is 62.7 Å². The molecule has 0 atom stereocenters. The molecule has 0 saturated heterocycles. The van der Waals surface area contributed by atoms with Gasteiger partial charge in [-0.2, -0.15) is 4.98 Å². The highest BCUT2D eigenvalue weighted by Gasteiger charge is 1.98. The number of hydrogen-bond donors (Lipinski definition) is 2. The third-order valence-corrected chi connectivity index (χ3v) is 2.20. The Morgan fingerprint density at radius 2 is 1.44 bits per heavy atom. The third-order valence-electron chi connectivity index (χ3n) is 2.20. The summed E-state index contributed by atoms with van der Waals surface area (Å²) in [7, 11) is 0. The van der Waals surface area contributed by atoms with Crippen LogP contribution in [0.5, 0.6) is 0 Å². The highest BCUT2D eigenvalue weighted by molar-refractivity contribution is 5.32. The molecule has 90 valence electrons. The maximum Gasteiger partial charge on any atom is 0.227 e. The first-order valence-electron chi connectivity index (χ1n) is 6.03. The molecule has 0 fully saturated rings. The van der Waals surface area contributed by atoms with Gasteiger partial charge in [-0.15, -0.1) is 0 Å². The minimum absolute atomic E-state index is 0.655. The summed E-state index contributed by atoms with van der Waals surface area (Å²) < 4.78 is 0. The second-order valence-electron chi connectivity index (χ2n) is 3.69. The Balaban J connectivity index is 2.37. The van der Waals surface area contributed by atoms with E-state index in [0.29, 0.717) is 11.9 Å². The van der Waals surface area contributed by atoms with E-state index in [1.54, 1.807) is 0 Å². The van der Waals surface area contributed by atoms with Gasteiger partial charge < -0.3 is 10.6 Å². The van der Waals surface area contributed by atoms with E-state index < -0.39 is 0 Å². The fourth-order valence-electron chi connectivity index (χ4n) is 1.22. The number of unbranched alkanes of at least 4 members (excludes halogenated alkanes) is 2. The van der Waals surface area contributed by atoms with Gasteiger partial charge in [0.15, 0.2) is 0 Å². The molecule has 5 nitrogen and oxygen atoms in total. The van der Waals surface area contributed by atoms with E-state index in [1.165, 1.54) is 19.2 Å². The summed E-state index contributed by atoms with van der Waals surface area (Å²) in [4.78, 5) is 12.4. The Bertz CT molecular complexity index is 264. The Labute approximate surface area is 97.1 Å². The van der Waals surface area contributed by atoms with E-state index in [-0.39, 0.29) is 0 Å². The molecule has 1 aromatic rings. The summed E-state index contributed by atoms with van der Waals surface area (Å²) in [6, 6.07) is 0. The summed E-state index contributed by atoms with van der Waals surface area (Å²) in [5.41, 5.74) is 0. The van der Waals surface area contributed by atoms with Crippen molar-refractivity contribution in [2.24, 2.45) is 0 Å². The van der Waals surface area contributed by atoms with Crippen molar-refractivity contribution in [2.75, 3.05) is 23.7 Å². The molecule has 16 heavy (non-hydrogen) atoms.